The number of rotatable bonds is 7. The van der Waals surface area contributed by atoms with Gasteiger partial charge in [0, 0.05) is 42.5 Å². The number of piperidine rings is 1. The standard InChI is InChI=1S/C17H24N4O2S2/c1-2-5-20-6-3-13(4-7-20)18-15(22)12-24-11-14-10-16(23)21-8-9-25-17(21)19-14/h8-10,13H,2-7,11-12H2,1H3,(H,18,22). The Hall–Kier alpha value is -1.38. The van der Waals surface area contributed by atoms with Gasteiger partial charge < -0.3 is 10.2 Å². The van der Waals surface area contributed by atoms with Gasteiger partial charge in [0.1, 0.15) is 0 Å². The first kappa shape index (κ1) is 18.4. The number of carbonyl (C=O) groups is 1. The molecule has 0 atom stereocenters. The predicted octanol–water partition coefficient (Wildman–Crippen LogP) is 1.98. The van der Waals surface area contributed by atoms with E-state index in [1.54, 1.807) is 12.3 Å². The molecule has 0 spiro atoms. The van der Waals surface area contributed by atoms with E-state index in [2.05, 4.69) is 22.1 Å². The Morgan fingerprint density at radius 1 is 1.44 bits per heavy atom. The largest absolute Gasteiger partial charge is 0.353 e. The highest BCUT2D eigenvalue weighted by atomic mass is 32.2. The van der Waals surface area contributed by atoms with Crippen molar-refractivity contribution in [2.75, 3.05) is 25.4 Å². The SMILES string of the molecule is CCCN1CCC(NC(=O)CSCc2cc(=O)n3ccsc3n2)CC1. The van der Waals surface area contributed by atoms with Crippen LogP contribution in [0.3, 0.4) is 0 Å². The summed E-state index contributed by atoms with van der Waals surface area (Å²) in [5, 5.41) is 4.98. The van der Waals surface area contributed by atoms with Gasteiger partial charge in [0.05, 0.1) is 11.4 Å². The second-order valence-corrected chi connectivity index (χ2v) is 8.18. The number of aromatic nitrogens is 2. The lowest BCUT2D eigenvalue weighted by Gasteiger charge is -2.32. The minimum atomic E-state index is -0.0647. The van der Waals surface area contributed by atoms with Crippen LogP contribution in [0, 0.1) is 0 Å². The minimum absolute atomic E-state index is 0.0647. The molecule has 6 nitrogen and oxygen atoms in total. The molecule has 25 heavy (non-hydrogen) atoms. The van der Waals surface area contributed by atoms with Gasteiger partial charge in [-0.05, 0) is 25.8 Å². The van der Waals surface area contributed by atoms with Gasteiger partial charge in [-0.1, -0.05) is 6.92 Å². The molecular formula is C17H24N4O2S2. The van der Waals surface area contributed by atoms with Crippen molar-refractivity contribution in [1.82, 2.24) is 19.6 Å². The molecular weight excluding hydrogens is 356 g/mol. The molecule has 0 aliphatic carbocycles. The number of hydrogen-bond acceptors (Lipinski definition) is 6. The minimum Gasteiger partial charge on any atom is -0.353 e. The van der Waals surface area contributed by atoms with Crippen LogP contribution >= 0.6 is 23.1 Å². The van der Waals surface area contributed by atoms with Crippen LogP contribution in [-0.2, 0) is 10.5 Å². The summed E-state index contributed by atoms with van der Waals surface area (Å²) >= 11 is 2.94. The molecule has 2 aromatic rings. The summed E-state index contributed by atoms with van der Waals surface area (Å²) in [7, 11) is 0. The summed E-state index contributed by atoms with van der Waals surface area (Å²) in [5.41, 5.74) is 0.670. The summed E-state index contributed by atoms with van der Waals surface area (Å²) in [6.07, 6.45) is 4.97. The molecule has 3 heterocycles. The number of nitrogens with one attached hydrogen (secondary N) is 1. The molecule has 1 amide bonds. The molecule has 1 fully saturated rings. The first-order chi connectivity index (χ1) is 12.2. The van der Waals surface area contributed by atoms with Gasteiger partial charge in [-0.25, -0.2) is 4.98 Å². The van der Waals surface area contributed by atoms with Gasteiger partial charge in [-0.2, -0.15) is 0 Å². The zero-order chi connectivity index (χ0) is 17.6. The molecule has 3 rings (SSSR count). The fraction of sp³-hybridized carbons (Fsp3) is 0.588. The number of likely N-dealkylation sites (tertiary alicyclic amines) is 1. The third kappa shape index (κ3) is 5.05. The highest BCUT2D eigenvalue weighted by molar-refractivity contribution is 7.99. The number of nitrogens with zero attached hydrogens (tertiary/aromatic N) is 3. The van der Waals surface area contributed by atoms with Crippen molar-refractivity contribution >= 4 is 34.0 Å². The molecule has 8 heteroatoms. The van der Waals surface area contributed by atoms with Crippen LogP contribution in [0.25, 0.3) is 4.96 Å². The van der Waals surface area contributed by atoms with Crippen LogP contribution in [0.15, 0.2) is 22.4 Å². The summed E-state index contributed by atoms with van der Waals surface area (Å²) < 4.78 is 1.54. The summed E-state index contributed by atoms with van der Waals surface area (Å²) in [5.74, 6) is 1.06. The maximum absolute atomic E-state index is 12.1. The zero-order valence-electron chi connectivity index (χ0n) is 14.4. The Morgan fingerprint density at radius 3 is 3.00 bits per heavy atom. The van der Waals surface area contributed by atoms with E-state index in [1.165, 1.54) is 33.9 Å². The third-order valence-electron chi connectivity index (χ3n) is 4.33. The molecule has 0 radical (unpaired) electrons. The molecule has 2 aromatic heterocycles. The van der Waals surface area contributed by atoms with Crippen LogP contribution in [0.4, 0.5) is 0 Å². The Kier molecular flexibility index (Phi) is 6.50. The molecule has 1 N–H and O–H groups in total. The van der Waals surface area contributed by atoms with E-state index in [0.717, 1.165) is 38.2 Å². The van der Waals surface area contributed by atoms with Gasteiger partial charge in [-0.15, -0.1) is 23.1 Å². The first-order valence-electron chi connectivity index (χ1n) is 8.71. The molecule has 0 aromatic carbocycles. The van der Waals surface area contributed by atoms with Crippen molar-refractivity contribution in [3.63, 3.8) is 0 Å². The number of thiazole rings is 1. The Morgan fingerprint density at radius 2 is 2.24 bits per heavy atom. The Balaban J connectivity index is 1.41. The van der Waals surface area contributed by atoms with Crippen molar-refractivity contribution in [2.24, 2.45) is 0 Å². The summed E-state index contributed by atoms with van der Waals surface area (Å²) in [6.45, 7) is 5.49. The quantitative estimate of drug-likeness (QED) is 0.796. The molecule has 1 saturated heterocycles. The average Bonchev–Trinajstić information content (AvgIpc) is 3.06. The fourth-order valence-corrected chi connectivity index (χ4v) is 4.56. The second-order valence-electron chi connectivity index (χ2n) is 6.32. The van der Waals surface area contributed by atoms with Gasteiger partial charge in [0.2, 0.25) is 5.91 Å². The Labute approximate surface area is 155 Å². The molecule has 1 aliphatic rings. The van der Waals surface area contributed by atoms with Crippen LogP contribution in [0.2, 0.25) is 0 Å². The van der Waals surface area contributed by atoms with E-state index in [1.807, 2.05) is 5.38 Å². The second kappa shape index (κ2) is 8.82. The number of thioether (sulfide) groups is 1. The number of hydrogen-bond donors (Lipinski definition) is 1. The highest BCUT2D eigenvalue weighted by Crippen LogP contribution is 2.14. The van der Waals surface area contributed by atoms with E-state index in [-0.39, 0.29) is 11.5 Å². The lowest BCUT2D eigenvalue weighted by Crippen LogP contribution is -2.45. The number of fused-ring (bicyclic) bond motifs is 1. The van der Waals surface area contributed by atoms with Gasteiger partial charge in [0.25, 0.3) is 5.56 Å². The van der Waals surface area contributed by atoms with Gasteiger partial charge in [-0.3, -0.25) is 14.0 Å². The fourth-order valence-electron chi connectivity index (χ4n) is 3.10. The van der Waals surface area contributed by atoms with Crippen LogP contribution in [0.1, 0.15) is 31.9 Å². The highest BCUT2D eigenvalue weighted by Gasteiger charge is 2.19. The van der Waals surface area contributed by atoms with E-state index in [4.69, 9.17) is 0 Å². The molecule has 136 valence electrons. The molecule has 0 unspecified atom stereocenters. The van der Waals surface area contributed by atoms with Crippen molar-refractivity contribution in [3.05, 3.63) is 33.7 Å². The van der Waals surface area contributed by atoms with E-state index >= 15 is 0 Å². The van der Waals surface area contributed by atoms with Crippen molar-refractivity contribution in [2.45, 2.75) is 38.0 Å². The normalized spacial score (nSPS) is 16.4. The van der Waals surface area contributed by atoms with E-state index in [0.29, 0.717) is 22.5 Å². The van der Waals surface area contributed by atoms with Crippen molar-refractivity contribution in [3.8, 4) is 0 Å². The lowest BCUT2D eigenvalue weighted by atomic mass is 10.1. The Bertz CT molecular complexity index is 765. The topological polar surface area (TPSA) is 66.7 Å². The smallest absolute Gasteiger partial charge is 0.258 e. The van der Waals surface area contributed by atoms with E-state index in [9.17, 15) is 9.59 Å². The first-order valence-corrected chi connectivity index (χ1v) is 10.7. The molecule has 1 aliphatic heterocycles. The van der Waals surface area contributed by atoms with Crippen LogP contribution in [0.5, 0.6) is 0 Å². The van der Waals surface area contributed by atoms with Crippen LogP contribution in [-0.4, -0.2) is 51.6 Å². The van der Waals surface area contributed by atoms with Gasteiger partial charge in [0.15, 0.2) is 4.96 Å². The van der Waals surface area contributed by atoms with E-state index < -0.39 is 0 Å². The summed E-state index contributed by atoms with van der Waals surface area (Å²) in [4.78, 5) is 31.7. The zero-order valence-corrected chi connectivity index (χ0v) is 16.1. The monoisotopic (exact) mass is 380 g/mol. The maximum atomic E-state index is 12.1. The molecule has 0 saturated carbocycles. The molecule has 0 bridgehead atoms. The van der Waals surface area contributed by atoms with Crippen LogP contribution < -0.4 is 10.9 Å². The average molecular weight is 381 g/mol. The lowest BCUT2D eigenvalue weighted by molar-refractivity contribution is -0.119. The third-order valence-corrected chi connectivity index (χ3v) is 6.05. The number of carbonyl (C=O) groups excluding carboxylic acids is 1. The summed E-state index contributed by atoms with van der Waals surface area (Å²) in [6, 6.07) is 1.85. The van der Waals surface area contributed by atoms with Crippen molar-refractivity contribution in [1.29, 1.82) is 0 Å². The van der Waals surface area contributed by atoms with Gasteiger partial charge >= 0.3 is 0 Å². The maximum Gasteiger partial charge on any atom is 0.258 e. The number of amides is 1. The van der Waals surface area contributed by atoms with Crippen molar-refractivity contribution < 1.29 is 4.79 Å². The predicted molar refractivity (Wildman–Crippen MR) is 103 cm³/mol.